The van der Waals surface area contributed by atoms with Gasteiger partial charge in [0.1, 0.15) is 11.5 Å². The molecule has 2 heterocycles. The Morgan fingerprint density at radius 3 is 2.38 bits per heavy atom. The highest BCUT2D eigenvalue weighted by Gasteiger charge is 2.20. The van der Waals surface area contributed by atoms with Crippen molar-refractivity contribution in [2.45, 2.75) is 20.0 Å². The maximum atomic E-state index is 13.4. The van der Waals surface area contributed by atoms with E-state index in [0.29, 0.717) is 31.1 Å². The van der Waals surface area contributed by atoms with Crippen molar-refractivity contribution in [3.63, 3.8) is 0 Å². The zero-order chi connectivity index (χ0) is 23.5. The van der Waals surface area contributed by atoms with E-state index in [-0.39, 0.29) is 5.82 Å². The lowest BCUT2D eigenvalue weighted by Gasteiger charge is -2.06. The number of hydrogen-bond donors (Lipinski definition) is 0. The third kappa shape index (κ3) is 4.35. The summed E-state index contributed by atoms with van der Waals surface area (Å²) in [5.41, 5.74) is 5.12. The Hall–Kier alpha value is -4.19. The van der Waals surface area contributed by atoms with Gasteiger partial charge in [-0.05, 0) is 42.3 Å². The van der Waals surface area contributed by atoms with Crippen LogP contribution in [-0.4, -0.2) is 26.9 Å². The molecular formula is C28H24FN3O2. The summed E-state index contributed by atoms with van der Waals surface area (Å²) < 4.78 is 22.5. The monoisotopic (exact) mass is 453 g/mol. The van der Waals surface area contributed by atoms with Crippen molar-refractivity contribution in [1.82, 2.24) is 14.3 Å². The van der Waals surface area contributed by atoms with Crippen LogP contribution in [0.2, 0.25) is 0 Å². The van der Waals surface area contributed by atoms with Crippen molar-refractivity contribution in [2.75, 3.05) is 6.61 Å². The van der Waals surface area contributed by atoms with E-state index in [9.17, 15) is 9.18 Å². The second kappa shape index (κ2) is 9.35. The van der Waals surface area contributed by atoms with Crippen LogP contribution in [0, 0.1) is 5.82 Å². The molecule has 0 spiro atoms. The summed E-state index contributed by atoms with van der Waals surface area (Å²) in [6.07, 6.45) is 2.04. The summed E-state index contributed by atoms with van der Waals surface area (Å²) in [6.45, 7) is 3.14. The largest absolute Gasteiger partial charge is 0.461 e. The van der Waals surface area contributed by atoms with Crippen LogP contribution < -0.4 is 0 Å². The lowest BCUT2D eigenvalue weighted by atomic mass is 10.1. The normalized spacial score (nSPS) is 11.1. The standard InChI is InChI=1S/C28H24FN3O2/c1-2-34-28(33)27-16-25(30-32(27)18-20-8-4-3-5-9-20)24-19-31(26-11-7-6-10-23(24)26)17-21-12-14-22(29)15-13-21/h3-16,19H,2,17-18H2,1H3. The summed E-state index contributed by atoms with van der Waals surface area (Å²) in [6, 6.07) is 26.3. The number of halogens is 1. The SMILES string of the molecule is CCOC(=O)c1cc(-c2cn(Cc3ccc(F)cc3)c3ccccc23)nn1Cc1ccccc1. The number of hydrogen-bond acceptors (Lipinski definition) is 3. The number of rotatable bonds is 7. The van der Waals surface area contributed by atoms with Gasteiger partial charge in [0.15, 0.2) is 0 Å². The molecule has 170 valence electrons. The molecule has 0 saturated heterocycles. The quantitative estimate of drug-likeness (QED) is 0.288. The summed E-state index contributed by atoms with van der Waals surface area (Å²) >= 11 is 0. The van der Waals surface area contributed by atoms with E-state index < -0.39 is 5.97 Å². The van der Waals surface area contributed by atoms with Crippen molar-refractivity contribution in [2.24, 2.45) is 0 Å². The Morgan fingerprint density at radius 1 is 0.912 bits per heavy atom. The van der Waals surface area contributed by atoms with Gasteiger partial charge >= 0.3 is 5.97 Å². The molecule has 0 amide bonds. The van der Waals surface area contributed by atoms with Crippen LogP contribution in [-0.2, 0) is 17.8 Å². The Kier molecular flexibility index (Phi) is 5.95. The van der Waals surface area contributed by atoms with E-state index in [1.54, 1.807) is 29.8 Å². The summed E-state index contributed by atoms with van der Waals surface area (Å²) in [5, 5.41) is 5.85. The number of carbonyl (C=O) groups is 1. The first-order valence-corrected chi connectivity index (χ1v) is 11.2. The van der Waals surface area contributed by atoms with E-state index in [4.69, 9.17) is 9.84 Å². The highest BCUT2D eigenvalue weighted by molar-refractivity contribution is 5.97. The number of esters is 1. The molecule has 0 bridgehead atoms. The van der Waals surface area contributed by atoms with Crippen LogP contribution >= 0.6 is 0 Å². The topological polar surface area (TPSA) is 49.1 Å². The molecule has 0 aliphatic heterocycles. The van der Waals surface area contributed by atoms with Gasteiger partial charge in [0.25, 0.3) is 0 Å². The van der Waals surface area contributed by atoms with E-state index in [1.807, 2.05) is 54.7 Å². The fourth-order valence-corrected chi connectivity index (χ4v) is 4.16. The number of carbonyl (C=O) groups excluding carboxylic acids is 1. The van der Waals surface area contributed by atoms with Crippen LogP contribution in [0.3, 0.4) is 0 Å². The summed E-state index contributed by atoms with van der Waals surface area (Å²) in [7, 11) is 0. The fourth-order valence-electron chi connectivity index (χ4n) is 4.16. The Balaban J connectivity index is 1.58. The molecule has 5 rings (SSSR count). The lowest BCUT2D eigenvalue weighted by Crippen LogP contribution is -2.14. The minimum Gasteiger partial charge on any atom is -0.461 e. The molecule has 0 unspecified atom stereocenters. The van der Waals surface area contributed by atoms with Gasteiger partial charge in [0.05, 0.1) is 18.8 Å². The van der Waals surface area contributed by atoms with Crippen LogP contribution in [0.25, 0.3) is 22.2 Å². The van der Waals surface area contributed by atoms with E-state index in [2.05, 4.69) is 10.6 Å². The molecule has 6 heteroatoms. The lowest BCUT2D eigenvalue weighted by molar-refractivity contribution is 0.0512. The first-order valence-electron chi connectivity index (χ1n) is 11.2. The highest BCUT2D eigenvalue weighted by atomic mass is 19.1. The van der Waals surface area contributed by atoms with Gasteiger partial charge in [-0.15, -0.1) is 0 Å². The van der Waals surface area contributed by atoms with Crippen LogP contribution in [0.1, 0.15) is 28.5 Å². The minimum atomic E-state index is -0.396. The molecule has 2 aromatic heterocycles. The van der Waals surface area contributed by atoms with E-state index >= 15 is 0 Å². The van der Waals surface area contributed by atoms with Gasteiger partial charge in [-0.3, -0.25) is 4.68 Å². The maximum Gasteiger partial charge on any atom is 0.356 e. The molecule has 3 aromatic carbocycles. The third-order valence-corrected chi connectivity index (χ3v) is 5.77. The molecule has 5 aromatic rings. The molecule has 0 atom stereocenters. The van der Waals surface area contributed by atoms with Gasteiger partial charge in [0.2, 0.25) is 0 Å². The minimum absolute atomic E-state index is 0.253. The van der Waals surface area contributed by atoms with Crippen molar-refractivity contribution in [3.8, 4) is 11.3 Å². The van der Waals surface area contributed by atoms with Gasteiger partial charge < -0.3 is 9.30 Å². The van der Waals surface area contributed by atoms with Gasteiger partial charge in [0, 0.05) is 29.2 Å². The zero-order valence-electron chi connectivity index (χ0n) is 18.8. The van der Waals surface area contributed by atoms with Crippen molar-refractivity contribution in [3.05, 3.63) is 114 Å². The average Bonchev–Trinajstić information content (AvgIpc) is 3.43. The summed E-state index contributed by atoms with van der Waals surface area (Å²) in [5.74, 6) is -0.649. The average molecular weight is 454 g/mol. The predicted molar refractivity (Wildman–Crippen MR) is 130 cm³/mol. The van der Waals surface area contributed by atoms with Crippen LogP contribution in [0.15, 0.2) is 91.1 Å². The first-order chi connectivity index (χ1) is 16.6. The highest BCUT2D eigenvalue weighted by Crippen LogP contribution is 2.31. The molecule has 0 saturated carbocycles. The van der Waals surface area contributed by atoms with Gasteiger partial charge in [-0.25, -0.2) is 9.18 Å². The third-order valence-electron chi connectivity index (χ3n) is 5.77. The molecule has 34 heavy (non-hydrogen) atoms. The van der Waals surface area contributed by atoms with Crippen molar-refractivity contribution in [1.29, 1.82) is 0 Å². The molecule has 0 radical (unpaired) electrons. The van der Waals surface area contributed by atoms with E-state index in [0.717, 1.165) is 27.6 Å². The second-order valence-corrected chi connectivity index (χ2v) is 8.09. The number of aromatic nitrogens is 3. The number of fused-ring (bicyclic) bond motifs is 1. The molecule has 0 aliphatic rings. The molecular weight excluding hydrogens is 429 g/mol. The number of benzene rings is 3. The van der Waals surface area contributed by atoms with Crippen LogP contribution in [0.4, 0.5) is 4.39 Å². The second-order valence-electron chi connectivity index (χ2n) is 8.09. The maximum absolute atomic E-state index is 13.4. The van der Waals surface area contributed by atoms with Gasteiger partial charge in [-0.1, -0.05) is 60.7 Å². The number of nitrogens with zero attached hydrogens (tertiary/aromatic N) is 3. The Labute approximate surface area is 197 Å². The number of para-hydroxylation sites is 1. The molecule has 5 nitrogen and oxygen atoms in total. The zero-order valence-corrected chi connectivity index (χ0v) is 18.8. The Bertz CT molecular complexity index is 1440. The molecule has 0 fully saturated rings. The summed E-state index contributed by atoms with van der Waals surface area (Å²) in [4.78, 5) is 12.7. The molecule has 0 aliphatic carbocycles. The predicted octanol–water partition coefficient (Wildman–Crippen LogP) is 5.92. The van der Waals surface area contributed by atoms with Gasteiger partial charge in [-0.2, -0.15) is 5.10 Å². The van der Waals surface area contributed by atoms with Crippen molar-refractivity contribution >= 4 is 16.9 Å². The fraction of sp³-hybridized carbons (Fsp3) is 0.143. The smallest absolute Gasteiger partial charge is 0.356 e. The van der Waals surface area contributed by atoms with Crippen molar-refractivity contribution < 1.29 is 13.9 Å². The Morgan fingerprint density at radius 2 is 1.62 bits per heavy atom. The molecule has 0 N–H and O–H groups in total. The number of ether oxygens (including phenoxy) is 1. The first kappa shape index (κ1) is 21.6. The van der Waals surface area contributed by atoms with Crippen LogP contribution in [0.5, 0.6) is 0 Å². The van der Waals surface area contributed by atoms with E-state index in [1.165, 1.54) is 12.1 Å².